The molecule has 110 valence electrons. The van der Waals surface area contributed by atoms with Gasteiger partial charge in [-0.1, -0.05) is 18.2 Å². The van der Waals surface area contributed by atoms with E-state index in [0.29, 0.717) is 6.04 Å². The zero-order chi connectivity index (χ0) is 14.7. The first kappa shape index (κ1) is 14.2. The number of hydrogen-bond acceptors (Lipinski definition) is 4. The van der Waals surface area contributed by atoms with Crippen molar-refractivity contribution in [3.8, 4) is 0 Å². The van der Waals surface area contributed by atoms with Crippen molar-refractivity contribution in [2.24, 2.45) is 0 Å². The van der Waals surface area contributed by atoms with Crippen LogP contribution in [0.1, 0.15) is 24.4 Å². The summed E-state index contributed by atoms with van der Waals surface area (Å²) in [5.41, 5.74) is 2.45. The molecule has 0 aliphatic rings. The van der Waals surface area contributed by atoms with Gasteiger partial charge in [0.15, 0.2) is 0 Å². The van der Waals surface area contributed by atoms with Gasteiger partial charge in [0.05, 0.1) is 16.7 Å². The lowest BCUT2D eigenvalue weighted by Gasteiger charge is -2.26. The molecule has 1 N–H and O–H groups in total. The number of thiazole rings is 1. The second-order valence-electron chi connectivity index (χ2n) is 5.49. The smallest absolute Gasteiger partial charge is 0.0937 e. The Bertz CT molecular complexity index is 687. The number of nitrogens with one attached hydrogen (secondary N) is 1. The van der Waals surface area contributed by atoms with Crippen LogP contribution in [0.25, 0.3) is 10.9 Å². The summed E-state index contributed by atoms with van der Waals surface area (Å²) >= 11 is 1.73. The second-order valence-corrected chi connectivity index (χ2v) is 6.47. The highest BCUT2D eigenvalue weighted by molar-refractivity contribution is 7.09. The molecule has 0 bridgehead atoms. The van der Waals surface area contributed by atoms with E-state index in [4.69, 9.17) is 0 Å². The maximum atomic E-state index is 4.37. The van der Waals surface area contributed by atoms with Crippen LogP contribution in [0.3, 0.4) is 0 Å². The van der Waals surface area contributed by atoms with Crippen molar-refractivity contribution < 1.29 is 0 Å². The predicted octanol–water partition coefficient (Wildman–Crippen LogP) is 3.47. The van der Waals surface area contributed by atoms with Crippen LogP contribution in [-0.4, -0.2) is 32.7 Å². The molecular formula is C16H20N4S. The molecule has 5 heteroatoms. The summed E-state index contributed by atoms with van der Waals surface area (Å²) in [6, 6.07) is 6.88. The van der Waals surface area contributed by atoms with E-state index in [1.165, 1.54) is 16.0 Å². The van der Waals surface area contributed by atoms with Crippen LogP contribution in [0.5, 0.6) is 0 Å². The molecule has 0 saturated carbocycles. The van der Waals surface area contributed by atoms with Gasteiger partial charge in [0.25, 0.3) is 0 Å². The second kappa shape index (κ2) is 6.37. The fourth-order valence-corrected chi connectivity index (χ4v) is 3.13. The first-order valence-corrected chi connectivity index (χ1v) is 8.15. The molecule has 0 radical (unpaired) electrons. The SMILES string of the molecule is CC(C)N(CCc1nccs1)Cc1cccc2cn[nH]c12. The molecule has 0 atom stereocenters. The minimum Gasteiger partial charge on any atom is -0.296 e. The summed E-state index contributed by atoms with van der Waals surface area (Å²) in [5, 5.41) is 11.7. The monoisotopic (exact) mass is 300 g/mol. The highest BCUT2D eigenvalue weighted by Crippen LogP contribution is 2.19. The van der Waals surface area contributed by atoms with Crippen LogP contribution in [-0.2, 0) is 13.0 Å². The zero-order valence-corrected chi connectivity index (χ0v) is 13.2. The van der Waals surface area contributed by atoms with Crippen molar-refractivity contribution in [3.05, 3.63) is 46.5 Å². The molecule has 0 spiro atoms. The van der Waals surface area contributed by atoms with Gasteiger partial charge in [-0.15, -0.1) is 11.3 Å². The van der Waals surface area contributed by atoms with E-state index in [1.807, 2.05) is 17.8 Å². The molecular weight excluding hydrogens is 280 g/mol. The van der Waals surface area contributed by atoms with E-state index in [1.54, 1.807) is 11.3 Å². The Labute approximate surface area is 128 Å². The van der Waals surface area contributed by atoms with E-state index in [9.17, 15) is 0 Å². The third-order valence-electron chi connectivity index (χ3n) is 3.76. The number of H-pyrrole nitrogens is 1. The van der Waals surface area contributed by atoms with Crippen molar-refractivity contribution in [1.82, 2.24) is 20.1 Å². The molecule has 1 aromatic carbocycles. The molecule has 0 amide bonds. The topological polar surface area (TPSA) is 44.8 Å². The Morgan fingerprint density at radius 3 is 3.00 bits per heavy atom. The van der Waals surface area contributed by atoms with Crippen molar-refractivity contribution in [2.45, 2.75) is 32.9 Å². The Morgan fingerprint density at radius 2 is 2.24 bits per heavy atom. The summed E-state index contributed by atoms with van der Waals surface area (Å²) in [7, 11) is 0. The Morgan fingerprint density at radius 1 is 1.33 bits per heavy atom. The molecule has 0 unspecified atom stereocenters. The van der Waals surface area contributed by atoms with E-state index in [2.05, 4.69) is 52.1 Å². The van der Waals surface area contributed by atoms with Crippen molar-refractivity contribution in [2.75, 3.05) is 6.54 Å². The van der Waals surface area contributed by atoms with Gasteiger partial charge < -0.3 is 0 Å². The Hall–Kier alpha value is -1.72. The number of rotatable bonds is 6. The van der Waals surface area contributed by atoms with Crippen LogP contribution in [0.15, 0.2) is 36.0 Å². The third-order valence-corrected chi connectivity index (χ3v) is 4.60. The van der Waals surface area contributed by atoms with Crippen LogP contribution in [0, 0.1) is 0 Å². The maximum absolute atomic E-state index is 4.37. The zero-order valence-electron chi connectivity index (χ0n) is 12.4. The fraction of sp³-hybridized carbons (Fsp3) is 0.375. The Balaban J connectivity index is 1.74. The number of fused-ring (bicyclic) bond motifs is 1. The summed E-state index contributed by atoms with van der Waals surface area (Å²) in [4.78, 5) is 6.86. The van der Waals surface area contributed by atoms with E-state index in [-0.39, 0.29) is 0 Å². The van der Waals surface area contributed by atoms with Crippen LogP contribution >= 0.6 is 11.3 Å². The molecule has 2 heterocycles. The number of nitrogens with zero attached hydrogens (tertiary/aromatic N) is 3. The average molecular weight is 300 g/mol. The first-order chi connectivity index (χ1) is 10.2. The molecule has 0 aliphatic carbocycles. The number of hydrogen-bond donors (Lipinski definition) is 1. The summed E-state index contributed by atoms with van der Waals surface area (Å²) < 4.78 is 0. The summed E-state index contributed by atoms with van der Waals surface area (Å²) in [5.74, 6) is 0. The average Bonchev–Trinajstić information content (AvgIpc) is 3.14. The molecule has 3 aromatic rings. The van der Waals surface area contributed by atoms with Crippen LogP contribution in [0.2, 0.25) is 0 Å². The summed E-state index contributed by atoms with van der Waals surface area (Å²) in [6.07, 6.45) is 4.77. The number of benzene rings is 1. The van der Waals surface area contributed by atoms with Gasteiger partial charge in [-0.2, -0.15) is 5.10 Å². The minimum atomic E-state index is 0.503. The van der Waals surface area contributed by atoms with E-state index in [0.717, 1.165) is 25.0 Å². The highest BCUT2D eigenvalue weighted by Gasteiger charge is 2.13. The van der Waals surface area contributed by atoms with Crippen LogP contribution in [0.4, 0.5) is 0 Å². The van der Waals surface area contributed by atoms with Gasteiger partial charge in [-0.05, 0) is 19.4 Å². The summed E-state index contributed by atoms with van der Waals surface area (Å²) in [6.45, 7) is 6.45. The highest BCUT2D eigenvalue weighted by atomic mass is 32.1. The minimum absolute atomic E-state index is 0.503. The molecule has 3 rings (SSSR count). The maximum Gasteiger partial charge on any atom is 0.0937 e. The van der Waals surface area contributed by atoms with Gasteiger partial charge in [0.1, 0.15) is 0 Å². The molecule has 21 heavy (non-hydrogen) atoms. The molecule has 0 fully saturated rings. The lowest BCUT2D eigenvalue weighted by molar-refractivity contribution is 0.216. The van der Waals surface area contributed by atoms with Crippen LogP contribution < -0.4 is 0 Å². The lowest BCUT2D eigenvalue weighted by atomic mass is 10.1. The third kappa shape index (κ3) is 3.31. The quantitative estimate of drug-likeness (QED) is 0.758. The van der Waals surface area contributed by atoms with E-state index < -0.39 is 0 Å². The molecule has 4 nitrogen and oxygen atoms in total. The van der Waals surface area contributed by atoms with Gasteiger partial charge in [-0.3, -0.25) is 10.00 Å². The molecule has 0 aliphatic heterocycles. The standard InChI is InChI=1S/C16H20N4S/c1-12(2)20(8-6-15-17-7-9-21-15)11-14-5-3-4-13-10-18-19-16(13)14/h3-5,7,9-10,12H,6,8,11H2,1-2H3,(H,18,19). The number of aromatic amines is 1. The van der Waals surface area contributed by atoms with Gasteiger partial charge in [0.2, 0.25) is 0 Å². The van der Waals surface area contributed by atoms with Crippen molar-refractivity contribution in [1.29, 1.82) is 0 Å². The predicted molar refractivity (Wildman–Crippen MR) is 87.5 cm³/mol. The molecule has 0 saturated heterocycles. The Kier molecular flexibility index (Phi) is 4.31. The fourth-order valence-electron chi connectivity index (χ4n) is 2.52. The van der Waals surface area contributed by atoms with E-state index >= 15 is 0 Å². The van der Waals surface area contributed by atoms with Gasteiger partial charge >= 0.3 is 0 Å². The van der Waals surface area contributed by atoms with Gasteiger partial charge in [0, 0.05) is 42.5 Å². The lowest BCUT2D eigenvalue weighted by Crippen LogP contribution is -2.32. The van der Waals surface area contributed by atoms with Crippen molar-refractivity contribution >= 4 is 22.2 Å². The largest absolute Gasteiger partial charge is 0.296 e. The van der Waals surface area contributed by atoms with Crippen molar-refractivity contribution in [3.63, 3.8) is 0 Å². The molecule has 2 aromatic heterocycles. The number of para-hydroxylation sites is 1. The number of aromatic nitrogens is 3. The normalized spacial score (nSPS) is 11.8. The first-order valence-electron chi connectivity index (χ1n) is 7.27. The van der Waals surface area contributed by atoms with Gasteiger partial charge in [-0.25, -0.2) is 4.98 Å².